The molecule has 0 radical (unpaired) electrons. The molecule has 2 heterocycles. The predicted octanol–water partition coefficient (Wildman–Crippen LogP) is 4.56. The molecule has 0 atom stereocenters. The highest BCUT2D eigenvalue weighted by molar-refractivity contribution is 7.18. The highest BCUT2D eigenvalue weighted by Crippen LogP contribution is 2.32. The monoisotopic (exact) mass is 334 g/mol. The lowest BCUT2D eigenvalue weighted by atomic mass is 10.2. The molecule has 3 rings (SSSR count). The van der Waals surface area contributed by atoms with E-state index >= 15 is 0 Å². The second kappa shape index (κ2) is 5.86. The van der Waals surface area contributed by atoms with Crippen molar-refractivity contribution in [3.05, 3.63) is 50.6 Å². The van der Waals surface area contributed by atoms with Crippen LogP contribution in [0.2, 0.25) is 5.02 Å². The van der Waals surface area contributed by atoms with Gasteiger partial charge in [0, 0.05) is 16.6 Å². The summed E-state index contributed by atoms with van der Waals surface area (Å²) in [5.74, 6) is 0.623. The molecule has 0 fully saturated rings. The number of hydrogen-bond donors (Lipinski definition) is 1. The molecule has 1 N–H and O–H groups in total. The van der Waals surface area contributed by atoms with Gasteiger partial charge in [0.15, 0.2) is 0 Å². The number of nitrogens with one attached hydrogen (secondary N) is 1. The lowest BCUT2D eigenvalue weighted by Gasteiger charge is -2.06. The van der Waals surface area contributed by atoms with Crippen molar-refractivity contribution in [2.45, 2.75) is 13.3 Å². The molecule has 6 nitrogen and oxygen atoms in total. The Labute approximate surface area is 134 Å². The summed E-state index contributed by atoms with van der Waals surface area (Å²) < 4.78 is 0. The Morgan fingerprint density at radius 1 is 1.36 bits per heavy atom. The second-order valence-electron chi connectivity index (χ2n) is 4.56. The summed E-state index contributed by atoms with van der Waals surface area (Å²) in [6, 6.07) is 6.60. The number of halogens is 1. The summed E-state index contributed by atoms with van der Waals surface area (Å²) in [5, 5.41) is 15.1. The minimum absolute atomic E-state index is 0.104. The molecule has 3 aromatic rings. The van der Waals surface area contributed by atoms with Crippen molar-refractivity contribution in [2.24, 2.45) is 0 Å². The van der Waals surface area contributed by atoms with E-state index in [0.717, 1.165) is 16.6 Å². The van der Waals surface area contributed by atoms with Crippen molar-refractivity contribution in [2.75, 3.05) is 5.32 Å². The number of anilines is 2. The van der Waals surface area contributed by atoms with E-state index in [1.807, 2.05) is 6.07 Å². The fourth-order valence-corrected chi connectivity index (χ4v) is 3.17. The molecule has 1 aromatic carbocycles. The number of nitro benzene ring substituents is 1. The zero-order valence-corrected chi connectivity index (χ0v) is 13.1. The number of aromatic nitrogens is 2. The summed E-state index contributed by atoms with van der Waals surface area (Å²) in [4.78, 5) is 21.0. The van der Waals surface area contributed by atoms with Crippen molar-refractivity contribution < 1.29 is 4.92 Å². The molecule has 22 heavy (non-hydrogen) atoms. The van der Waals surface area contributed by atoms with E-state index in [4.69, 9.17) is 11.6 Å². The smallest absolute Gasteiger partial charge is 0.289 e. The zero-order chi connectivity index (χ0) is 15.7. The van der Waals surface area contributed by atoms with E-state index in [0.29, 0.717) is 11.5 Å². The summed E-state index contributed by atoms with van der Waals surface area (Å²) in [6.07, 6.45) is 2.40. The van der Waals surface area contributed by atoms with Crippen molar-refractivity contribution in [3.8, 4) is 0 Å². The SMILES string of the molecule is CCc1cc2c(Nc3ccc(Cl)c([N+](=O)[O-])c3)ncnc2s1. The van der Waals surface area contributed by atoms with E-state index in [1.165, 1.54) is 23.3 Å². The molecule has 0 spiro atoms. The molecule has 0 amide bonds. The van der Waals surface area contributed by atoms with Gasteiger partial charge >= 0.3 is 0 Å². The topological polar surface area (TPSA) is 81.0 Å². The van der Waals surface area contributed by atoms with Gasteiger partial charge in [-0.05, 0) is 24.6 Å². The first-order chi connectivity index (χ1) is 10.6. The van der Waals surface area contributed by atoms with Gasteiger partial charge < -0.3 is 5.32 Å². The molecule has 0 aliphatic rings. The van der Waals surface area contributed by atoms with E-state index in [1.54, 1.807) is 17.4 Å². The van der Waals surface area contributed by atoms with Crippen LogP contribution in [0.25, 0.3) is 10.2 Å². The van der Waals surface area contributed by atoms with Crippen molar-refractivity contribution in [1.82, 2.24) is 9.97 Å². The predicted molar refractivity (Wildman–Crippen MR) is 88.2 cm³/mol. The Hall–Kier alpha value is -2.25. The number of thiophene rings is 1. The molecule has 0 aliphatic heterocycles. The van der Waals surface area contributed by atoms with E-state index in [2.05, 4.69) is 22.2 Å². The van der Waals surface area contributed by atoms with Gasteiger partial charge in [0.25, 0.3) is 5.69 Å². The van der Waals surface area contributed by atoms with Crippen LogP contribution in [0.3, 0.4) is 0 Å². The average molecular weight is 335 g/mol. The van der Waals surface area contributed by atoms with E-state index in [9.17, 15) is 10.1 Å². The number of aryl methyl sites for hydroxylation is 1. The first-order valence-electron chi connectivity index (χ1n) is 6.53. The van der Waals surface area contributed by atoms with Crippen LogP contribution in [0, 0.1) is 10.1 Å². The zero-order valence-electron chi connectivity index (χ0n) is 11.5. The maximum Gasteiger partial charge on any atom is 0.289 e. The number of hydrogen-bond acceptors (Lipinski definition) is 6. The van der Waals surface area contributed by atoms with Crippen LogP contribution in [-0.4, -0.2) is 14.9 Å². The molecule has 0 bridgehead atoms. The van der Waals surface area contributed by atoms with Gasteiger partial charge in [-0.1, -0.05) is 18.5 Å². The van der Waals surface area contributed by atoms with Gasteiger partial charge in [0.2, 0.25) is 0 Å². The lowest BCUT2D eigenvalue weighted by molar-refractivity contribution is -0.384. The highest BCUT2D eigenvalue weighted by atomic mass is 35.5. The van der Waals surface area contributed by atoms with Crippen molar-refractivity contribution in [3.63, 3.8) is 0 Å². The molecular weight excluding hydrogens is 324 g/mol. The second-order valence-corrected chi connectivity index (χ2v) is 6.08. The Kier molecular flexibility index (Phi) is 3.91. The average Bonchev–Trinajstić information content (AvgIpc) is 2.93. The number of benzene rings is 1. The maximum atomic E-state index is 11.0. The van der Waals surface area contributed by atoms with Crippen LogP contribution in [0.5, 0.6) is 0 Å². The molecule has 0 saturated heterocycles. The molecule has 0 aliphatic carbocycles. The van der Waals surface area contributed by atoms with Crippen LogP contribution in [0.15, 0.2) is 30.6 Å². The van der Waals surface area contributed by atoms with Gasteiger partial charge in [0.1, 0.15) is 22.0 Å². The first kappa shape index (κ1) is 14.7. The van der Waals surface area contributed by atoms with E-state index in [-0.39, 0.29) is 10.7 Å². The van der Waals surface area contributed by atoms with Crippen molar-refractivity contribution >= 4 is 50.3 Å². The van der Waals surface area contributed by atoms with Gasteiger partial charge in [-0.15, -0.1) is 11.3 Å². The van der Waals surface area contributed by atoms with Crippen molar-refractivity contribution in [1.29, 1.82) is 0 Å². The van der Waals surface area contributed by atoms with Crippen LogP contribution < -0.4 is 5.32 Å². The largest absolute Gasteiger partial charge is 0.339 e. The normalized spacial score (nSPS) is 10.8. The number of nitrogens with zero attached hydrogens (tertiary/aromatic N) is 3. The van der Waals surface area contributed by atoms with Gasteiger partial charge in [-0.2, -0.15) is 0 Å². The van der Waals surface area contributed by atoms with Gasteiger partial charge in [0.05, 0.1) is 10.3 Å². The van der Waals surface area contributed by atoms with Crippen LogP contribution >= 0.6 is 22.9 Å². The van der Waals surface area contributed by atoms with Crippen LogP contribution in [-0.2, 0) is 6.42 Å². The molecule has 0 saturated carbocycles. The minimum Gasteiger partial charge on any atom is -0.339 e. The first-order valence-corrected chi connectivity index (χ1v) is 7.72. The highest BCUT2D eigenvalue weighted by Gasteiger charge is 2.14. The summed E-state index contributed by atoms with van der Waals surface area (Å²) in [7, 11) is 0. The summed E-state index contributed by atoms with van der Waals surface area (Å²) in [5.41, 5.74) is 0.414. The fourth-order valence-electron chi connectivity index (χ4n) is 2.05. The number of fused-ring (bicyclic) bond motifs is 1. The molecular formula is C14H11ClN4O2S. The van der Waals surface area contributed by atoms with Crippen LogP contribution in [0.4, 0.5) is 17.2 Å². The third-order valence-electron chi connectivity index (χ3n) is 3.13. The minimum atomic E-state index is -0.511. The summed E-state index contributed by atoms with van der Waals surface area (Å²) in [6.45, 7) is 2.08. The molecule has 112 valence electrons. The Morgan fingerprint density at radius 2 is 2.18 bits per heavy atom. The number of nitro groups is 1. The quantitative estimate of drug-likeness (QED) is 0.558. The third kappa shape index (κ3) is 2.72. The Bertz CT molecular complexity index is 865. The Balaban J connectivity index is 2.01. The number of rotatable bonds is 4. The maximum absolute atomic E-state index is 11.0. The standard InChI is InChI=1S/C14H11ClN4O2S/c1-2-9-6-10-13(16-7-17-14(10)22-9)18-8-3-4-11(15)12(5-8)19(20)21/h3-7H,2H2,1H3,(H,16,17,18). The fraction of sp³-hybridized carbons (Fsp3) is 0.143. The van der Waals surface area contributed by atoms with Gasteiger partial charge in [-0.3, -0.25) is 10.1 Å². The molecule has 2 aromatic heterocycles. The molecule has 8 heteroatoms. The van der Waals surface area contributed by atoms with Crippen LogP contribution in [0.1, 0.15) is 11.8 Å². The van der Waals surface area contributed by atoms with E-state index < -0.39 is 4.92 Å². The van der Waals surface area contributed by atoms with Gasteiger partial charge in [-0.25, -0.2) is 9.97 Å². The third-order valence-corrected chi connectivity index (χ3v) is 4.64. The lowest BCUT2D eigenvalue weighted by Crippen LogP contribution is -1.96. The molecule has 0 unspecified atom stereocenters. The Morgan fingerprint density at radius 3 is 2.91 bits per heavy atom. The summed E-state index contributed by atoms with van der Waals surface area (Å²) >= 11 is 7.43.